The molecule has 1 aliphatic carbocycles. The molecule has 2 nitrogen and oxygen atoms in total. The SMILES string of the molecule is ClC(Cl)(Cl)c1c2c(nn1-c1ccccc1)CCCCC2. The van der Waals surface area contributed by atoms with Crippen LogP contribution in [0.25, 0.3) is 5.69 Å². The molecule has 0 spiro atoms. The van der Waals surface area contributed by atoms with Crippen molar-refractivity contribution >= 4 is 34.8 Å². The summed E-state index contributed by atoms with van der Waals surface area (Å²) >= 11 is 18.6. The van der Waals surface area contributed by atoms with Crippen molar-refractivity contribution in [1.29, 1.82) is 0 Å². The predicted octanol–water partition coefficient (Wildman–Crippen LogP) is 4.97. The van der Waals surface area contributed by atoms with Gasteiger partial charge < -0.3 is 0 Å². The maximum absolute atomic E-state index is 6.22. The van der Waals surface area contributed by atoms with Crippen LogP contribution in [0.4, 0.5) is 0 Å². The number of hydrogen-bond donors (Lipinski definition) is 0. The molecule has 0 bridgehead atoms. The molecule has 1 heterocycles. The summed E-state index contributed by atoms with van der Waals surface area (Å²) < 4.78 is 0.337. The van der Waals surface area contributed by atoms with Gasteiger partial charge in [0.05, 0.1) is 17.1 Å². The standard InChI is InChI=1S/C15H15Cl3N2/c16-15(17,18)14-12-9-5-2-6-10-13(12)19-20(14)11-7-3-1-4-8-11/h1,3-4,7-8H,2,5-6,9-10H2. The van der Waals surface area contributed by atoms with Crippen LogP contribution in [0, 0.1) is 0 Å². The number of alkyl halides is 3. The van der Waals surface area contributed by atoms with Gasteiger partial charge in [0.2, 0.25) is 3.79 Å². The third-order valence-corrected chi connectivity index (χ3v) is 4.21. The Kier molecular flexibility index (Phi) is 3.98. The highest BCUT2D eigenvalue weighted by Crippen LogP contribution is 2.43. The minimum atomic E-state index is -1.46. The maximum atomic E-state index is 6.22. The molecular formula is C15H15Cl3N2. The van der Waals surface area contributed by atoms with E-state index >= 15 is 0 Å². The first-order valence-corrected chi connectivity index (χ1v) is 7.94. The van der Waals surface area contributed by atoms with Crippen LogP contribution in [0.2, 0.25) is 0 Å². The fourth-order valence-electron chi connectivity index (χ4n) is 2.78. The normalized spacial score (nSPS) is 15.8. The second-order valence-electron chi connectivity index (χ2n) is 5.08. The average molecular weight is 330 g/mol. The van der Waals surface area contributed by atoms with Gasteiger partial charge in [0.25, 0.3) is 0 Å². The van der Waals surface area contributed by atoms with E-state index in [4.69, 9.17) is 39.9 Å². The Morgan fingerprint density at radius 3 is 2.35 bits per heavy atom. The molecule has 106 valence electrons. The molecule has 5 heteroatoms. The maximum Gasteiger partial charge on any atom is 0.232 e. The van der Waals surface area contributed by atoms with Gasteiger partial charge in [0.15, 0.2) is 0 Å². The predicted molar refractivity (Wildman–Crippen MR) is 84.1 cm³/mol. The van der Waals surface area contributed by atoms with Gasteiger partial charge in [-0.1, -0.05) is 59.4 Å². The molecule has 0 saturated carbocycles. The molecule has 0 amide bonds. The van der Waals surface area contributed by atoms with Crippen LogP contribution in [0.5, 0.6) is 0 Å². The van der Waals surface area contributed by atoms with E-state index in [9.17, 15) is 0 Å². The fourth-order valence-corrected chi connectivity index (χ4v) is 3.36. The van der Waals surface area contributed by atoms with Gasteiger partial charge in [-0.05, 0) is 37.8 Å². The lowest BCUT2D eigenvalue weighted by molar-refractivity contribution is 0.686. The minimum Gasteiger partial charge on any atom is -0.233 e. The molecule has 0 atom stereocenters. The van der Waals surface area contributed by atoms with Crippen molar-refractivity contribution in [2.24, 2.45) is 0 Å². The smallest absolute Gasteiger partial charge is 0.232 e. The zero-order valence-electron chi connectivity index (χ0n) is 11.0. The molecule has 20 heavy (non-hydrogen) atoms. The first-order valence-electron chi connectivity index (χ1n) is 6.81. The highest BCUT2D eigenvalue weighted by molar-refractivity contribution is 6.66. The number of para-hydroxylation sites is 1. The van der Waals surface area contributed by atoms with Gasteiger partial charge in [-0.15, -0.1) is 0 Å². The number of fused-ring (bicyclic) bond motifs is 1. The monoisotopic (exact) mass is 328 g/mol. The van der Waals surface area contributed by atoms with Crippen LogP contribution in [-0.4, -0.2) is 9.78 Å². The van der Waals surface area contributed by atoms with Crippen molar-refractivity contribution in [3.63, 3.8) is 0 Å². The molecule has 1 aliphatic rings. The largest absolute Gasteiger partial charge is 0.233 e. The Hall–Kier alpha value is -0.700. The van der Waals surface area contributed by atoms with Crippen molar-refractivity contribution in [3.8, 4) is 5.69 Å². The van der Waals surface area contributed by atoms with Gasteiger partial charge in [0.1, 0.15) is 0 Å². The van der Waals surface area contributed by atoms with Crippen LogP contribution in [0.1, 0.15) is 36.2 Å². The summed E-state index contributed by atoms with van der Waals surface area (Å²) in [7, 11) is 0. The molecule has 0 fully saturated rings. The third kappa shape index (κ3) is 2.69. The van der Waals surface area contributed by atoms with E-state index in [0.717, 1.165) is 42.6 Å². The van der Waals surface area contributed by atoms with Gasteiger partial charge >= 0.3 is 0 Å². The lowest BCUT2D eigenvalue weighted by Gasteiger charge is -2.16. The van der Waals surface area contributed by atoms with Crippen molar-refractivity contribution < 1.29 is 0 Å². The average Bonchev–Trinajstić information content (AvgIpc) is 2.65. The second kappa shape index (κ2) is 5.59. The van der Waals surface area contributed by atoms with Crippen molar-refractivity contribution in [1.82, 2.24) is 9.78 Å². The van der Waals surface area contributed by atoms with Crippen LogP contribution >= 0.6 is 34.8 Å². The van der Waals surface area contributed by atoms with E-state index in [1.54, 1.807) is 4.68 Å². The van der Waals surface area contributed by atoms with E-state index in [1.165, 1.54) is 6.42 Å². The van der Waals surface area contributed by atoms with Gasteiger partial charge in [-0.2, -0.15) is 5.10 Å². The first kappa shape index (κ1) is 14.2. The van der Waals surface area contributed by atoms with Gasteiger partial charge in [-0.3, -0.25) is 0 Å². The van der Waals surface area contributed by atoms with Crippen molar-refractivity contribution in [2.75, 3.05) is 0 Å². The van der Waals surface area contributed by atoms with Gasteiger partial charge in [-0.25, -0.2) is 4.68 Å². The zero-order valence-corrected chi connectivity index (χ0v) is 13.2. The molecule has 0 N–H and O–H groups in total. The zero-order chi connectivity index (χ0) is 14.2. The highest BCUT2D eigenvalue weighted by atomic mass is 35.6. The van der Waals surface area contributed by atoms with E-state index in [1.807, 2.05) is 30.3 Å². The van der Waals surface area contributed by atoms with E-state index in [-0.39, 0.29) is 0 Å². The number of aromatic nitrogens is 2. The summed E-state index contributed by atoms with van der Waals surface area (Å²) in [6, 6.07) is 9.85. The molecule has 0 radical (unpaired) electrons. The molecular weight excluding hydrogens is 315 g/mol. The molecule has 0 unspecified atom stereocenters. The van der Waals surface area contributed by atoms with Gasteiger partial charge in [0, 0.05) is 5.56 Å². The summed E-state index contributed by atoms with van der Waals surface area (Å²) in [4.78, 5) is 0. The van der Waals surface area contributed by atoms with Crippen LogP contribution < -0.4 is 0 Å². The Morgan fingerprint density at radius 1 is 0.950 bits per heavy atom. The van der Waals surface area contributed by atoms with Crippen molar-refractivity contribution in [2.45, 2.75) is 35.9 Å². The summed E-state index contributed by atoms with van der Waals surface area (Å²) in [5.41, 5.74) is 3.83. The lowest BCUT2D eigenvalue weighted by Crippen LogP contribution is -2.12. The van der Waals surface area contributed by atoms with Crippen LogP contribution in [-0.2, 0) is 16.6 Å². The van der Waals surface area contributed by atoms with E-state index in [0.29, 0.717) is 5.69 Å². The van der Waals surface area contributed by atoms with Crippen LogP contribution in [0.3, 0.4) is 0 Å². The lowest BCUT2D eigenvalue weighted by atomic mass is 10.1. The molecule has 0 saturated heterocycles. The van der Waals surface area contributed by atoms with Crippen molar-refractivity contribution in [3.05, 3.63) is 47.3 Å². The Morgan fingerprint density at radius 2 is 1.65 bits per heavy atom. The number of nitrogens with zero attached hydrogens (tertiary/aromatic N) is 2. The topological polar surface area (TPSA) is 17.8 Å². The highest BCUT2D eigenvalue weighted by Gasteiger charge is 2.34. The molecule has 1 aromatic carbocycles. The summed E-state index contributed by atoms with van der Waals surface area (Å²) in [5.74, 6) is 0. The Labute approximate surface area is 133 Å². The van der Waals surface area contributed by atoms with Crippen LogP contribution in [0.15, 0.2) is 30.3 Å². The molecule has 0 aliphatic heterocycles. The summed E-state index contributed by atoms with van der Waals surface area (Å²) in [6.45, 7) is 0. The number of hydrogen-bond acceptors (Lipinski definition) is 1. The first-order chi connectivity index (χ1) is 9.57. The number of halogens is 3. The Balaban J connectivity index is 2.20. The Bertz CT molecular complexity index is 600. The van der Waals surface area contributed by atoms with E-state index in [2.05, 4.69) is 0 Å². The molecule has 3 rings (SSSR count). The fraction of sp³-hybridized carbons (Fsp3) is 0.400. The minimum absolute atomic E-state index is 0.700. The van der Waals surface area contributed by atoms with E-state index < -0.39 is 3.79 Å². The quantitative estimate of drug-likeness (QED) is 0.533. The second-order valence-corrected chi connectivity index (χ2v) is 7.36. The summed E-state index contributed by atoms with van der Waals surface area (Å²) in [6.07, 6.45) is 5.38. The number of rotatable bonds is 1. The third-order valence-electron chi connectivity index (χ3n) is 3.68. The molecule has 2 aromatic rings. The number of benzene rings is 1. The molecule has 1 aromatic heterocycles. The summed E-state index contributed by atoms with van der Waals surface area (Å²) in [5, 5.41) is 4.71. The number of aryl methyl sites for hydroxylation is 1.